The first kappa shape index (κ1) is 25.1. The molecule has 0 unspecified atom stereocenters. The van der Waals surface area contributed by atoms with E-state index in [4.69, 9.17) is 16.3 Å². The Bertz CT molecular complexity index is 858. The van der Waals surface area contributed by atoms with Crippen molar-refractivity contribution in [3.63, 3.8) is 0 Å². The lowest BCUT2D eigenvalue weighted by atomic mass is 10.1. The van der Waals surface area contributed by atoms with E-state index in [2.05, 4.69) is 5.32 Å². The van der Waals surface area contributed by atoms with Crippen LogP contribution in [0.15, 0.2) is 48.5 Å². The number of halogens is 1. The van der Waals surface area contributed by atoms with Crippen molar-refractivity contribution < 1.29 is 14.3 Å². The second-order valence-electron chi connectivity index (χ2n) is 7.81. The standard InChI is InChI=1S/C24H31ClN2O3S/c1-17(2)13-26-24(29)18(3)27(14-20-6-5-7-22(12-20)30-4)23(28)16-31-15-19-8-10-21(25)11-9-19/h5-12,17-18H,13-16H2,1-4H3,(H,26,29)/t18-/m0/s1. The van der Waals surface area contributed by atoms with E-state index < -0.39 is 6.04 Å². The lowest BCUT2D eigenvalue weighted by Crippen LogP contribution is -2.48. The molecule has 5 nitrogen and oxygen atoms in total. The van der Waals surface area contributed by atoms with E-state index in [0.29, 0.717) is 29.8 Å². The summed E-state index contributed by atoms with van der Waals surface area (Å²) in [6, 6.07) is 14.6. The van der Waals surface area contributed by atoms with Crippen LogP contribution in [-0.4, -0.2) is 42.2 Å². The smallest absolute Gasteiger partial charge is 0.242 e. The highest BCUT2D eigenvalue weighted by Crippen LogP contribution is 2.19. The lowest BCUT2D eigenvalue weighted by molar-refractivity contribution is -0.138. The highest BCUT2D eigenvalue weighted by Gasteiger charge is 2.26. The van der Waals surface area contributed by atoms with Crippen LogP contribution < -0.4 is 10.1 Å². The van der Waals surface area contributed by atoms with Gasteiger partial charge in [0.1, 0.15) is 11.8 Å². The Labute approximate surface area is 194 Å². The number of rotatable bonds is 11. The SMILES string of the molecule is COc1cccc(CN(C(=O)CSCc2ccc(Cl)cc2)[C@@H](C)C(=O)NCC(C)C)c1. The number of carbonyl (C=O) groups is 2. The highest BCUT2D eigenvalue weighted by molar-refractivity contribution is 7.99. The zero-order valence-corrected chi connectivity index (χ0v) is 20.1. The van der Waals surface area contributed by atoms with Crippen molar-refractivity contribution in [2.75, 3.05) is 19.4 Å². The summed E-state index contributed by atoms with van der Waals surface area (Å²) in [5.74, 6) is 1.83. The Morgan fingerprint density at radius 3 is 2.45 bits per heavy atom. The Morgan fingerprint density at radius 1 is 1.10 bits per heavy atom. The van der Waals surface area contributed by atoms with Gasteiger partial charge in [-0.25, -0.2) is 0 Å². The number of thioether (sulfide) groups is 1. The van der Waals surface area contributed by atoms with Crippen molar-refractivity contribution in [3.8, 4) is 5.75 Å². The van der Waals surface area contributed by atoms with Gasteiger partial charge in [-0.2, -0.15) is 0 Å². The summed E-state index contributed by atoms with van der Waals surface area (Å²) in [6.45, 7) is 6.77. The maximum Gasteiger partial charge on any atom is 0.242 e. The molecule has 0 aliphatic heterocycles. The van der Waals surface area contributed by atoms with E-state index in [9.17, 15) is 9.59 Å². The fraction of sp³-hybridized carbons (Fsp3) is 0.417. The summed E-state index contributed by atoms with van der Waals surface area (Å²) in [5, 5.41) is 3.63. The van der Waals surface area contributed by atoms with Crippen LogP contribution in [-0.2, 0) is 21.9 Å². The number of amides is 2. The summed E-state index contributed by atoms with van der Waals surface area (Å²) in [7, 11) is 1.61. The molecule has 2 aromatic carbocycles. The van der Waals surface area contributed by atoms with Gasteiger partial charge in [-0.1, -0.05) is 49.7 Å². The molecular weight excluding hydrogens is 432 g/mol. The maximum atomic E-state index is 13.1. The molecule has 0 radical (unpaired) electrons. The van der Waals surface area contributed by atoms with E-state index in [1.807, 2.05) is 62.4 Å². The topological polar surface area (TPSA) is 58.6 Å². The largest absolute Gasteiger partial charge is 0.497 e. The van der Waals surface area contributed by atoms with Gasteiger partial charge in [0, 0.05) is 23.9 Å². The van der Waals surface area contributed by atoms with Gasteiger partial charge in [-0.05, 0) is 48.2 Å². The third kappa shape index (κ3) is 8.46. The quantitative estimate of drug-likeness (QED) is 0.522. The van der Waals surface area contributed by atoms with Crippen LogP contribution in [0.1, 0.15) is 31.9 Å². The van der Waals surface area contributed by atoms with Crippen LogP contribution in [0.2, 0.25) is 5.02 Å². The van der Waals surface area contributed by atoms with Crippen molar-refractivity contribution in [1.29, 1.82) is 0 Å². The number of carbonyl (C=O) groups excluding carboxylic acids is 2. The van der Waals surface area contributed by atoms with Crippen LogP contribution in [0.4, 0.5) is 0 Å². The minimum atomic E-state index is -0.575. The maximum absolute atomic E-state index is 13.1. The fourth-order valence-corrected chi connectivity index (χ4v) is 3.92. The zero-order chi connectivity index (χ0) is 22.8. The predicted molar refractivity (Wildman–Crippen MR) is 128 cm³/mol. The number of nitrogens with zero attached hydrogens (tertiary/aromatic N) is 1. The molecule has 168 valence electrons. The van der Waals surface area contributed by atoms with Gasteiger partial charge in [0.15, 0.2) is 0 Å². The number of benzene rings is 2. The summed E-state index contributed by atoms with van der Waals surface area (Å²) in [4.78, 5) is 27.4. The zero-order valence-electron chi connectivity index (χ0n) is 18.6. The average Bonchev–Trinajstić information content (AvgIpc) is 2.76. The van der Waals surface area contributed by atoms with E-state index in [-0.39, 0.29) is 17.6 Å². The van der Waals surface area contributed by atoms with Gasteiger partial charge < -0.3 is 15.0 Å². The second-order valence-corrected chi connectivity index (χ2v) is 9.23. The van der Waals surface area contributed by atoms with Crippen molar-refractivity contribution in [1.82, 2.24) is 10.2 Å². The molecule has 0 fully saturated rings. The summed E-state index contributed by atoms with van der Waals surface area (Å²) in [6.07, 6.45) is 0. The molecule has 0 spiro atoms. The van der Waals surface area contributed by atoms with Gasteiger partial charge in [0.25, 0.3) is 0 Å². The van der Waals surface area contributed by atoms with Gasteiger partial charge in [0.05, 0.1) is 12.9 Å². The van der Waals surface area contributed by atoms with Gasteiger partial charge in [-0.3, -0.25) is 9.59 Å². The van der Waals surface area contributed by atoms with E-state index in [0.717, 1.165) is 16.9 Å². The molecule has 0 heterocycles. The molecule has 0 saturated heterocycles. The minimum Gasteiger partial charge on any atom is -0.497 e. The van der Waals surface area contributed by atoms with Crippen molar-refractivity contribution in [3.05, 3.63) is 64.7 Å². The second kappa shape index (κ2) is 12.6. The molecule has 2 rings (SSSR count). The molecule has 31 heavy (non-hydrogen) atoms. The van der Waals surface area contributed by atoms with Crippen molar-refractivity contribution >= 4 is 35.2 Å². The molecule has 1 N–H and O–H groups in total. The summed E-state index contributed by atoms with van der Waals surface area (Å²) in [5.41, 5.74) is 2.02. The van der Waals surface area contributed by atoms with Gasteiger partial charge >= 0.3 is 0 Å². The third-order valence-electron chi connectivity index (χ3n) is 4.75. The Hall–Kier alpha value is -2.18. The molecule has 1 atom stereocenters. The van der Waals surface area contributed by atoms with Crippen molar-refractivity contribution in [2.24, 2.45) is 5.92 Å². The summed E-state index contributed by atoms with van der Waals surface area (Å²) < 4.78 is 5.30. The molecule has 0 bridgehead atoms. The van der Waals surface area contributed by atoms with Crippen LogP contribution in [0.5, 0.6) is 5.75 Å². The van der Waals surface area contributed by atoms with E-state index in [1.165, 1.54) is 11.8 Å². The Morgan fingerprint density at radius 2 is 1.81 bits per heavy atom. The molecule has 0 aliphatic rings. The van der Waals surface area contributed by atoms with E-state index in [1.54, 1.807) is 18.9 Å². The lowest BCUT2D eigenvalue weighted by Gasteiger charge is -2.29. The van der Waals surface area contributed by atoms with Crippen LogP contribution in [0.25, 0.3) is 0 Å². The number of ether oxygens (including phenoxy) is 1. The molecule has 0 aromatic heterocycles. The normalized spacial score (nSPS) is 11.8. The highest BCUT2D eigenvalue weighted by atomic mass is 35.5. The van der Waals surface area contributed by atoms with Crippen LogP contribution >= 0.6 is 23.4 Å². The van der Waals surface area contributed by atoms with Gasteiger partial charge in [-0.15, -0.1) is 11.8 Å². The number of nitrogens with one attached hydrogen (secondary N) is 1. The Kier molecular flexibility index (Phi) is 10.2. The first-order valence-corrected chi connectivity index (χ1v) is 11.9. The van der Waals surface area contributed by atoms with E-state index >= 15 is 0 Å². The molecule has 7 heteroatoms. The number of methoxy groups -OCH3 is 1. The Balaban J connectivity index is 2.07. The first-order chi connectivity index (χ1) is 14.8. The predicted octanol–water partition coefficient (Wildman–Crippen LogP) is 4.77. The minimum absolute atomic E-state index is 0.0750. The van der Waals surface area contributed by atoms with Gasteiger partial charge in [0.2, 0.25) is 11.8 Å². The van der Waals surface area contributed by atoms with Crippen LogP contribution in [0.3, 0.4) is 0 Å². The molecular formula is C24H31ClN2O3S. The van der Waals surface area contributed by atoms with Crippen molar-refractivity contribution in [2.45, 2.75) is 39.1 Å². The first-order valence-electron chi connectivity index (χ1n) is 10.3. The third-order valence-corrected chi connectivity index (χ3v) is 5.99. The number of hydrogen-bond donors (Lipinski definition) is 1. The fourth-order valence-electron chi connectivity index (χ4n) is 2.92. The molecule has 0 aliphatic carbocycles. The molecule has 0 saturated carbocycles. The molecule has 2 amide bonds. The monoisotopic (exact) mass is 462 g/mol. The summed E-state index contributed by atoms with van der Waals surface area (Å²) >= 11 is 7.46. The average molecular weight is 463 g/mol. The molecule has 2 aromatic rings. The van der Waals surface area contributed by atoms with Crippen LogP contribution in [0, 0.1) is 5.92 Å². The number of hydrogen-bond acceptors (Lipinski definition) is 4.